The highest BCUT2D eigenvalue weighted by Crippen LogP contribution is 2.25. The van der Waals surface area contributed by atoms with E-state index in [9.17, 15) is 4.79 Å². The van der Waals surface area contributed by atoms with Crippen LogP contribution in [0.1, 0.15) is 25.8 Å². The van der Waals surface area contributed by atoms with E-state index in [0.29, 0.717) is 11.6 Å². The zero-order valence-electron chi connectivity index (χ0n) is 17.7. The Morgan fingerprint density at radius 1 is 1.30 bits per heavy atom. The standard InChI is InChI=1S/C22H29ClN6O/c1-15(2)21(30)27-17-8-6-16(7-9-17)13-26-22(24-3)28-18-10-12-29(14-18)20-19(23)5-4-11-25-20/h4-9,11,15,18H,10,12-14H2,1-3H3,(H,27,30)(H2,24,26,28). The molecule has 1 unspecified atom stereocenters. The molecule has 1 amide bonds. The van der Waals surface area contributed by atoms with Crippen molar-refractivity contribution in [3.63, 3.8) is 0 Å². The summed E-state index contributed by atoms with van der Waals surface area (Å²) in [6, 6.07) is 11.8. The predicted octanol–water partition coefficient (Wildman–Crippen LogP) is 3.27. The van der Waals surface area contributed by atoms with Crippen LogP contribution in [-0.4, -0.2) is 43.0 Å². The number of nitrogens with zero attached hydrogens (tertiary/aromatic N) is 3. The molecule has 8 heteroatoms. The van der Waals surface area contributed by atoms with Gasteiger partial charge in [-0.3, -0.25) is 9.79 Å². The number of amides is 1. The van der Waals surface area contributed by atoms with Gasteiger partial charge in [0.25, 0.3) is 0 Å². The van der Waals surface area contributed by atoms with Gasteiger partial charge < -0.3 is 20.9 Å². The number of carbonyl (C=O) groups is 1. The van der Waals surface area contributed by atoms with E-state index in [2.05, 4.69) is 30.8 Å². The van der Waals surface area contributed by atoms with Crippen molar-refractivity contribution in [1.82, 2.24) is 15.6 Å². The van der Waals surface area contributed by atoms with Gasteiger partial charge in [0.15, 0.2) is 5.96 Å². The lowest BCUT2D eigenvalue weighted by Crippen LogP contribution is -2.44. The topological polar surface area (TPSA) is 81.6 Å². The first-order valence-corrected chi connectivity index (χ1v) is 10.6. The lowest BCUT2D eigenvalue weighted by atomic mass is 10.1. The molecule has 30 heavy (non-hydrogen) atoms. The minimum absolute atomic E-state index is 0.0167. The first kappa shape index (κ1) is 21.9. The summed E-state index contributed by atoms with van der Waals surface area (Å²) in [6.45, 7) is 6.11. The van der Waals surface area contributed by atoms with Gasteiger partial charge in [-0.25, -0.2) is 4.98 Å². The number of hydrogen-bond donors (Lipinski definition) is 3. The Labute approximate surface area is 182 Å². The molecule has 0 aliphatic carbocycles. The fourth-order valence-corrected chi connectivity index (χ4v) is 3.49. The van der Waals surface area contributed by atoms with Crippen molar-refractivity contribution in [1.29, 1.82) is 0 Å². The normalized spacial score (nSPS) is 16.6. The zero-order valence-corrected chi connectivity index (χ0v) is 18.4. The monoisotopic (exact) mass is 428 g/mol. The molecule has 1 aliphatic rings. The van der Waals surface area contributed by atoms with E-state index < -0.39 is 0 Å². The molecule has 3 N–H and O–H groups in total. The molecule has 0 saturated carbocycles. The lowest BCUT2D eigenvalue weighted by molar-refractivity contribution is -0.118. The summed E-state index contributed by atoms with van der Waals surface area (Å²) in [5, 5.41) is 10.4. The number of benzene rings is 1. The average Bonchev–Trinajstić information content (AvgIpc) is 3.20. The second-order valence-electron chi connectivity index (χ2n) is 7.65. The Morgan fingerprint density at radius 3 is 2.73 bits per heavy atom. The average molecular weight is 429 g/mol. The SMILES string of the molecule is CN=C(NCc1ccc(NC(=O)C(C)C)cc1)NC1CCN(c2ncccc2Cl)C1. The third-order valence-corrected chi connectivity index (χ3v) is 5.29. The number of guanidine groups is 1. The number of hydrogen-bond acceptors (Lipinski definition) is 4. The summed E-state index contributed by atoms with van der Waals surface area (Å²) in [5.74, 6) is 1.56. The first-order valence-electron chi connectivity index (χ1n) is 10.2. The van der Waals surface area contributed by atoms with Gasteiger partial charge in [0.05, 0.1) is 5.02 Å². The van der Waals surface area contributed by atoms with Gasteiger partial charge in [-0.05, 0) is 36.2 Å². The van der Waals surface area contributed by atoms with E-state index in [0.717, 1.165) is 42.5 Å². The molecule has 0 bridgehead atoms. The zero-order chi connectivity index (χ0) is 21.5. The maximum Gasteiger partial charge on any atom is 0.226 e. The maximum absolute atomic E-state index is 11.8. The van der Waals surface area contributed by atoms with Crippen molar-refractivity contribution in [3.8, 4) is 0 Å². The van der Waals surface area contributed by atoms with Crippen LogP contribution in [0.25, 0.3) is 0 Å². The molecular weight excluding hydrogens is 400 g/mol. The third kappa shape index (κ3) is 5.86. The number of pyridine rings is 1. The van der Waals surface area contributed by atoms with Gasteiger partial charge >= 0.3 is 0 Å². The number of aliphatic imine (C=N–C) groups is 1. The summed E-state index contributed by atoms with van der Waals surface area (Å²) in [6.07, 6.45) is 2.75. The lowest BCUT2D eigenvalue weighted by Gasteiger charge is -2.20. The molecular formula is C22H29ClN6O. The summed E-state index contributed by atoms with van der Waals surface area (Å²) in [7, 11) is 1.77. The van der Waals surface area contributed by atoms with Crippen LogP contribution >= 0.6 is 11.6 Å². The molecule has 160 valence electrons. The van der Waals surface area contributed by atoms with Crippen molar-refractivity contribution in [2.75, 3.05) is 30.4 Å². The summed E-state index contributed by atoms with van der Waals surface area (Å²) < 4.78 is 0. The molecule has 1 aromatic heterocycles. The number of anilines is 2. The molecule has 1 fully saturated rings. The number of halogens is 1. The number of aromatic nitrogens is 1. The van der Waals surface area contributed by atoms with E-state index in [1.165, 1.54) is 0 Å². The van der Waals surface area contributed by atoms with E-state index in [1.54, 1.807) is 13.2 Å². The number of rotatable bonds is 6. The van der Waals surface area contributed by atoms with Gasteiger partial charge in [-0.15, -0.1) is 0 Å². The quantitative estimate of drug-likeness (QED) is 0.486. The molecule has 2 heterocycles. The smallest absolute Gasteiger partial charge is 0.226 e. The molecule has 2 aromatic rings. The summed E-state index contributed by atoms with van der Waals surface area (Å²) in [4.78, 5) is 22.7. The second kappa shape index (κ2) is 10.3. The van der Waals surface area contributed by atoms with Crippen molar-refractivity contribution >= 4 is 35.0 Å². The Morgan fingerprint density at radius 2 is 2.07 bits per heavy atom. The Hall–Kier alpha value is -2.80. The van der Waals surface area contributed by atoms with Crippen LogP contribution in [0.15, 0.2) is 47.6 Å². The van der Waals surface area contributed by atoms with E-state index in [4.69, 9.17) is 11.6 Å². The van der Waals surface area contributed by atoms with Gasteiger partial charge in [0, 0.05) is 50.5 Å². The molecule has 1 aromatic carbocycles. The van der Waals surface area contributed by atoms with E-state index in [-0.39, 0.29) is 17.9 Å². The predicted molar refractivity (Wildman–Crippen MR) is 123 cm³/mol. The third-order valence-electron chi connectivity index (χ3n) is 5.00. The van der Waals surface area contributed by atoms with Crippen molar-refractivity contribution < 1.29 is 4.79 Å². The van der Waals surface area contributed by atoms with Crippen LogP contribution in [0.4, 0.5) is 11.5 Å². The van der Waals surface area contributed by atoms with Crippen molar-refractivity contribution in [3.05, 3.63) is 53.2 Å². The molecule has 0 spiro atoms. The Bertz CT molecular complexity index is 883. The van der Waals surface area contributed by atoms with Crippen molar-refractivity contribution in [2.24, 2.45) is 10.9 Å². The first-order chi connectivity index (χ1) is 14.5. The minimum atomic E-state index is -0.0408. The fraction of sp³-hybridized carbons (Fsp3) is 0.409. The fourth-order valence-electron chi connectivity index (χ4n) is 3.25. The Balaban J connectivity index is 1.48. The summed E-state index contributed by atoms with van der Waals surface area (Å²) >= 11 is 6.27. The van der Waals surface area contributed by atoms with Crippen LogP contribution in [-0.2, 0) is 11.3 Å². The maximum atomic E-state index is 11.8. The summed E-state index contributed by atoms with van der Waals surface area (Å²) in [5.41, 5.74) is 1.91. The molecule has 1 aliphatic heterocycles. The molecule has 1 saturated heterocycles. The highest BCUT2D eigenvalue weighted by atomic mass is 35.5. The molecule has 7 nitrogen and oxygen atoms in total. The van der Waals surface area contributed by atoms with Crippen LogP contribution in [0.3, 0.4) is 0 Å². The Kier molecular flexibility index (Phi) is 7.52. The van der Waals surface area contributed by atoms with Crippen LogP contribution in [0, 0.1) is 5.92 Å². The van der Waals surface area contributed by atoms with Gasteiger partial charge in [-0.2, -0.15) is 0 Å². The molecule has 1 atom stereocenters. The van der Waals surface area contributed by atoms with Crippen LogP contribution in [0.5, 0.6) is 0 Å². The van der Waals surface area contributed by atoms with Crippen LogP contribution in [0.2, 0.25) is 5.02 Å². The molecule has 0 radical (unpaired) electrons. The number of nitrogens with one attached hydrogen (secondary N) is 3. The van der Waals surface area contributed by atoms with E-state index >= 15 is 0 Å². The van der Waals surface area contributed by atoms with Gasteiger partial charge in [0.2, 0.25) is 5.91 Å². The number of carbonyl (C=O) groups excluding carboxylic acids is 1. The highest BCUT2D eigenvalue weighted by Gasteiger charge is 2.25. The van der Waals surface area contributed by atoms with E-state index in [1.807, 2.05) is 50.2 Å². The molecule has 3 rings (SSSR count). The van der Waals surface area contributed by atoms with Crippen LogP contribution < -0.4 is 20.9 Å². The highest BCUT2D eigenvalue weighted by molar-refractivity contribution is 6.32. The largest absolute Gasteiger partial charge is 0.353 e. The van der Waals surface area contributed by atoms with Crippen molar-refractivity contribution in [2.45, 2.75) is 32.9 Å². The van der Waals surface area contributed by atoms with Gasteiger partial charge in [0.1, 0.15) is 5.82 Å². The minimum Gasteiger partial charge on any atom is -0.353 e. The second-order valence-corrected chi connectivity index (χ2v) is 8.06. The van der Waals surface area contributed by atoms with Gasteiger partial charge in [-0.1, -0.05) is 37.6 Å².